The minimum atomic E-state index is -0.877. The monoisotopic (exact) mass is 420 g/mol. The summed E-state index contributed by atoms with van der Waals surface area (Å²) in [6.07, 6.45) is 0. The van der Waals surface area contributed by atoms with Gasteiger partial charge in [0.1, 0.15) is 22.9 Å². The van der Waals surface area contributed by atoms with Crippen LogP contribution in [-0.4, -0.2) is 44.2 Å². The largest absolute Gasteiger partial charge is 0.497 e. The van der Waals surface area contributed by atoms with Crippen molar-refractivity contribution < 1.29 is 23.2 Å². The number of halogens is 2. The summed E-state index contributed by atoms with van der Waals surface area (Å²) in [6.45, 7) is 6.86. The second kappa shape index (κ2) is 9.28. The Morgan fingerprint density at radius 2 is 1.86 bits per heavy atom. The molecule has 3 aromatic rings. The summed E-state index contributed by atoms with van der Waals surface area (Å²) in [5.41, 5.74) is 0.145. The molecular formula is C21H24F2N3O2S+. The summed E-state index contributed by atoms with van der Waals surface area (Å²) in [7, 11) is 1.58. The van der Waals surface area contributed by atoms with Crippen LogP contribution in [0.25, 0.3) is 10.2 Å². The first-order valence-electron chi connectivity index (χ1n) is 9.52. The molecule has 0 saturated heterocycles. The number of nitrogens with zero attached hydrogens (tertiary/aromatic N) is 2. The lowest BCUT2D eigenvalue weighted by molar-refractivity contribution is -0.894. The van der Waals surface area contributed by atoms with E-state index in [1.165, 1.54) is 27.2 Å². The molecule has 1 aromatic heterocycles. The van der Waals surface area contributed by atoms with Crippen molar-refractivity contribution in [3.05, 3.63) is 53.6 Å². The highest BCUT2D eigenvalue weighted by atomic mass is 32.1. The zero-order chi connectivity index (χ0) is 21.0. The quantitative estimate of drug-likeness (QED) is 0.609. The number of methoxy groups -OCH3 is 1. The predicted octanol–water partition coefficient (Wildman–Crippen LogP) is 3.15. The van der Waals surface area contributed by atoms with Crippen LogP contribution in [0, 0.1) is 11.6 Å². The number of thiazole rings is 1. The highest BCUT2D eigenvalue weighted by Gasteiger charge is 2.27. The molecule has 0 radical (unpaired) electrons. The Labute approximate surface area is 172 Å². The van der Waals surface area contributed by atoms with Gasteiger partial charge in [-0.25, -0.2) is 13.8 Å². The number of likely N-dealkylation sites (N-methyl/N-ethyl adjacent to an activating group) is 1. The zero-order valence-electron chi connectivity index (χ0n) is 16.7. The fourth-order valence-corrected chi connectivity index (χ4v) is 4.15. The van der Waals surface area contributed by atoms with Crippen molar-refractivity contribution in [2.45, 2.75) is 13.8 Å². The van der Waals surface area contributed by atoms with Gasteiger partial charge in [-0.05, 0) is 44.2 Å². The van der Waals surface area contributed by atoms with E-state index < -0.39 is 23.1 Å². The topological polar surface area (TPSA) is 46.9 Å². The van der Waals surface area contributed by atoms with Gasteiger partial charge in [0.25, 0.3) is 5.91 Å². The maximum atomic E-state index is 14.3. The van der Waals surface area contributed by atoms with E-state index in [-0.39, 0.29) is 0 Å². The van der Waals surface area contributed by atoms with Crippen molar-refractivity contribution >= 4 is 32.6 Å². The lowest BCUT2D eigenvalue weighted by Crippen LogP contribution is -3.12. The van der Waals surface area contributed by atoms with Gasteiger partial charge in [0.15, 0.2) is 5.13 Å². The Morgan fingerprint density at radius 3 is 2.48 bits per heavy atom. The SMILES string of the molecule is CC[NH+](CC)CCN(C(=O)c1c(F)cccc1F)c1nc2ccc(OC)cc2s1. The third kappa shape index (κ3) is 4.54. The highest BCUT2D eigenvalue weighted by molar-refractivity contribution is 7.22. The van der Waals surface area contributed by atoms with E-state index in [1.807, 2.05) is 6.07 Å². The van der Waals surface area contributed by atoms with Crippen LogP contribution in [0.3, 0.4) is 0 Å². The number of benzene rings is 2. The summed E-state index contributed by atoms with van der Waals surface area (Å²) in [5, 5.41) is 0.410. The van der Waals surface area contributed by atoms with Crippen LogP contribution < -0.4 is 14.5 Å². The number of anilines is 1. The fraction of sp³-hybridized carbons (Fsp3) is 0.333. The third-order valence-electron chi connectivity index (χ3n) is 4.93. The summed E-state index contributed by atoms with van der Waals surface area (Å²) in [5.74, 6) is -1.80. The van der Waals surface area contributed by atoms with E-state index in [0.717, 1.165) is 29.9 Å². The number of ether oxygens (including phenoxy) is 1. The molecule has 0 bridgehead atoms. The van der Waals surface area contributed by atoms with E-state index in [2.05, 4.69) is 18.8 Å². The lowest BCUT2D eigenvalue weighted by atomic mass is 10.1. The van der Waals surface area contributed by atoms with Crippen molar-refractivity contribution in [2.24, 2.45) is 0 Å². The molecule has 0 atom stereocenters. The number of amides is 1. The second-order valence-corrected chi connectivity index (χ2v) is 7.60. The molecule has 1 N–H and O–H groups in total. The smallest absolute Gasteiger partial charge is 0.266 e. The molecule has 2 aromatic carbocycles. The normalized spacial score (nSPS) is 11.2. The van der Waals surface area contributed by atoms with Gasteiger partial charge < -0.3 is 9.64 Å². The number of hydrogen-bond donors (Lipinski definition) is 1. The Hall–Kier alpha value is -2.58. The van der Waals surface area contributed by atoms with E-state index in [9.17, 15) is 13.6 Å². The maximum Gasteiger partial charge on any atom is 0.266 e. The van der Waals surface area contributed by atoms with Crippen LogP contribution in [0.4, 0.5) is 13.9 Å². The lowest BCUT2D eigenvalue weighted by Gasteiger charge is -2.23. The van der Waals surface area contributed by atoms with Crippen LogP contribution >= 0.6 is 11.3 Å². The van der Waals surface area contributed by atoms with Gasteiger partial charge in [0.2, 0.25) is 0 Å². The fourth-order valence-electron chi connectivity index (χ4n) is 3.13. The minimum absolute atomic E-state index is 0.306. The maximum absolute atomic E-state index is 14.3. The van der Waals surface area contributed by atoms with E-state index >= 15 is 0 Å². The summed E-state index contributed by atoms with van der Waals surface area (Å²) in [4.78, 5) is 20.3. The van der Waals surface area contributed by atoms with Gasteiger partial charge in [-0.3, -0.25) is 9.69 Å². The average Bonchev–Trinajstić information content (AvgIpc) is 3.13. The van der Waals surface area contributed by atoms with Crippen LogP contribution in [0.2, 0.25) is 0 Å². The van der Waals surface area contributed by atoms with Crippen LogP contribution in [-0.2, 0) is 0 Å². The molecule has 0 unspecified atom stereocenters. The van der Waals surface area contributed by atoms with Crippen molar-refractivity contribution in [1.29, 1.82) is 0 Å². The second-order valence-electron chi connectivity index (χ2n) is 6.59. The summed E-state index contributed by atoms with van der Waals surface area (Å²) >= 11 is 1.30. The number of quaternary nitrogens is 1. The van der Waals surface area contributed by atoms with E-state index in [0.29, 0.717) is 29.5 Å². The van der Waals surface area contributed by atoms with Crippen molar-refractivity contribution in [3.63, 3.8) is 0 Å². The molecule has 0 aliphatic heterocycles. The number of aromatic nitrogens is 1. The molecule has 154 valence electrons. The number of carbonyl (C=O) groups is 1. The molecule has 0 aliphatic rings. The predicted molar refractivity (Wildman–Crippen MR) is 111 cm³/mol. The molecule has 5 nitrogen and oxygen atoms in total. The van der Waals surface area contributed by atoms with E-state index in [1.54, 1.807) is 19.2 Å². The Kier molecular flexibility index (Phi) is 6.76. The summed E-state index contributed by atoms with van der Waals surface area (Å²) in [6, 6.07) is 8.85. The number of fused-ring (bicyclic) bond motifs is 1. The molecule has 29 heavy (non-hydrogen) atoms. The molecule has 8 heteroatoms. The molecule has 0 saturated carbocycles. The molecule has 3 rings (SSSR count). The molecule has 0 spiro atoms. The zero-order valence-corrected chi connectivity index (χ0v) is 17.5. The van der Waals surface area contributed by atoms with Gasteiger partial charge in [-0.15, -0.1) is 0 Å². The van der Waals surface area contributed by atoms with Gasteiger partial charge in [0.05, 0.1) is 43.5 Å². The molecule has 0 fully saturated rings. The van der Waals surface area contributed by atoms with Crippen LogP contribution in [0.15, 0.2) is 36.4 Å². The van der Waals surface area contributed by atoms with Crippen molar-refractivity contribution in [2.75, 3.05) is 38.2 Å². The number of nitrogens with one attached hydrogen (secondary N) is 1. The Morgan fingerprint density at radius 1 is 1.17 bits per heavy atom. The summed E-state index contributed by atoms with van der Waals surface area (Å²) < 4.78 is 34.6. The van der Waals surface area contributed by atoms with Crippen LogP contribution in [0.5, 0.6) is 5.75 Å². The molecule has 1 heterocycles. The first kappa shape index (κ1) is 21.1. The van der Waals surface area contributed by atoms with Crippen LogP contribution in [0.1, 0.15) is 24.2 Å². The number of rotatable bonds is 8. The average molecular weight is 421 g/mol. The van der Waals surface area contributed by atoms with Gasteiger partial charge >= 0.3 is 0 Å². The Balaban J connectivity index is 2.01. The first-order chi connectivity index (χ1) is 14.0. The van der Waals surface area contributed by atoms with Gasteiger partial charge in [0, 0.05) is 0 Å². The standard InChI is InChI=1S/C21H23F2N3O2S/c1-4-25(5-2)11-12-26(20(27)19-15(22)7-6-8-16(19)23)21-24-17-10-9-14(28-3)13-18(17)29-21/h6-10,13H,4-5,11-12H2,1-3H3/p+1. The van der Waals surface area contributed by atoms with Gasteiger partial charge in [-0.2, -0.15) is 0 Å². The molecule has 1 amide bonds. The van der Waals surface area contributed by atoms with Crippen molar-refractivity contribution in [1.82, 2.24) is 4.98 Å². The van der Waals surface area contributed by atoms with Crippen molar-refractivity contribution in [3.8, 4) is 5.75 Å². The van der Waals surface area contributed by atoms with E-state index in [4.69, 9.17) is 4.74 Å². The van der Waals surface area contributed by atoms with Gasteiger partial charge in [-0.1, -0.05) is 17.4 Å². The highest BCUT2D eigenvalue weighted by Crippen LogP contribution is 2.32. The molecular weight excluding hydrogens is 396 g/mol. The minimum Gasteiger partial charge on any atom is -0.497 e. The Bertz CT molecular complexity index is 985. The third-order valence-corrected chi connectivity index (χ3v) is 5.97. The number of carbonyl (C=O) groups excluding carboxylic acids is 1. The number of hydrogen-bond acceptors (Lipinski definition) is 4. The molecule has 0 aliphatic carbocycles. The first-order valence-corrected chi connectivity index (χ1v) is 10.3.